The predicted octanol–water partition coefficient (Wildman–Crippen LogP) is 2.22. The fourth-order valence-corrected chi connectivity index (χ4v) is 3.44. The molecule has 1 aromatic rings. The molecule has 0 saturated carbocycles. The van der Waals surface area contributed by atoms with Crippen LogP contribution in [0.4, 0.5) is 11.4 Å². The fraction of sp³-hybridized carbons (Fsp3) is 0.667. The Hall–Kier alpha value is -1.64. The van der Waals surface area contributed by atoms with Crippen LogP contribution in [0.3, 0.4) is 0 Å². The van der Waals surface area contributed by atoms with Gasteiger partial charge in [0, 0.05) is 31.2 Å². The topological polar surface area (TPSA) is 74.1 Å². The molecule has 8 heteroatoms. The smallest absolute Gasteiger partial charge is 0.407 e. The highest BCUT2D eigenvalue weighted by Crippen LogP contribution is 2.32. The van der Waals surface area contributed by atoms with E-state index in [9.17, 15) is 10.1 Å². The van der Waals surface area contributed by atoms with Crippen molar-refractivity contribution in [1.29, 1.82) is 0 Å². The first kappa shape index (κ1) is 19.1. The first-order valence-corrected chi connectivity index (χ1v) is 9.14. The van der Waals surface area contributed by atoms with Crippen molar-refractivity contribution in [2.75, 3.05) is 37.9 Å². The van der Waals surface area contributed by atoms with Gasteiger partial charge in [0.25, 0.3) is 5.69 Å². The van der Waals surface area contributed by atoms with Gasteiger partial charge in [0.2, 0.25) is 0 Å². The summed E-state index contributed by atoms with van der Waals surface area (Å²) in [5.74, 6) is 0.335. The number of morpholine rings is 1. The summed E-state index contributed by atoms with van der Waals surface area (Å²) < 4.78 is 17.1. The number of nitro groups is 1. The zero-order valence-corrected chi connectivity index (χ0v) is 15.9. The zero-order chi connectivity index (χ0) is 18.9. The maximum Gasteiger partial charge on any atom is 0.494 e. The molecule has 0 aromatic heterocycles. The normalized spacial score (nSPS) is 23.3. The van der Waals surface area contributed by atoms with Crippen LogP contribution in [0.2, 0.25) is 0 Å². The van der Waals surface area contributed by atoms with Gasteiger partial charge in [-0.3, -0.25) is 10.1 Å². The highest BCUT2D eigenvalue weighted by Gasteiger charge is 2.36. The summed E-state index contributed by atoms with van der Waals surface area (Å²) in [4.78, 5) is 13.5. The van der Waals surface area contributed by atoms with E-state index in [-0.39, 0.29) is 22.1 Å². The second kappa shape index (κ2) is 7.54. The Morgan fingerprint density at radius 3 is 2.62 bits per heavy atom. The van der Waals surface area contributed by atoms with Crippen molar-refractivity contribution in [3.8, 4) is 0 Å². The van der Waals surface area contributed by atoms with E-state index >= 15 is 0 Å². The number of nitrogens with zero attached hydrogens (tertiary/aromatic N) is 2. The molecule has 26 heavy (non-hydrogen) atoms. The molecule has 0 N–H and O–H groups in total. The Morgan fingerprint density at radius 1 is 1.31 bits per heavy atom. The molecule has 0 unspecified atom stereocenters. The quantitative estimate of drug-likeness (QED) is 0.465. The monoisotopic (exact) mass is 362 g/mol. The molecule has 7 nitrogen and oxygen atoms in total. The average Bonchev–Trinajstić information content (AvgIpc) is 2.61. The van der Waals surface area contributed by atoms with E-state index in [0.717, 1.165) is 0 Å². The molecule has 2 aliphatic heterocycles. The van der Waals surface area contributed by atoms with Gasteiger partial charge >= 0.3 is 7.12 Å². The van der Waals surface area contributed by atoms with Crippen molar-refractivity contribution in [3.05, 3.63) is 28.3 Å². The van der Waals surface area contributed by atoms with Crippen molar-refractivity contribution < 1.29 is 19.0 Å². The van der Waals surface area contributed by atoms with Gasteiger partial charge in [-0.05, 0) is 17.4 Å². The first-order chi connectivity index (χ1) is 12.3. The summed E-state index contributed by atoms with van der Waals surface area (Å²) in [6, 6.07) is 5.40. The molecule has 0 bridgehead atoms. The van der Waals surface area contributed by atoms with Crippen LogP contribution >= 0.6 is 0 Å². The minimum absolute atomic E-state index is 0.0410. The molecule has 2 heterocycles. The molecular formula is C18H27BN2O5. The van der Waals surface area contributed by atoms with E-state index in [1.807, 2.05) is 12.1 Å². The van der Waals surface area contributed by atoms with Crippen molar-refractivity contribution in [2.45, 2.75) is 33.7 Å². The van der Waals surface area contributed by atoms with E-state index in [2.05, 4.69) is 32.6 Å². The first-order valence-electron chi connectivity index (χ1n) is 9.14. The van der Waals surface area contributed by atoms with Crippen LogP contribution in [-0.4, -0.2) is 51.1 Å². The standard InChI is InChI=1S/C18H27BN2O5/c1-13(2)17-10-24-8-7-20(17)15-6-5-14(9-16(15)21(22)23)19-25-11-18(3,4)12-26-19/h5-6,9,13,17H,7-8,10-12H2,1-4H3/t17-/m0/s1. The minimum Gasteiger partial charge on any atom is -0.407 e. The summed E-state index contributed by atoms with van der Waals surface area (Å²) in [5.41, 5.74) is 1.37. The maximum atomic E-state index is 11.7. The van der Waals surface area contributed by atoms with Gasteiger partial charge < -0.3 is 18.9 Å². The van der Waals surface area contributed by atoms with Gasteiger partial charge in [-0.1, -0.05) is 33.8 Å². The summed E-state index contributed by atoms with van der Waals surface area (Å²) in [6.07, 6.45) is 0. The molecule has 142 valence electrons. The Labute approximate surface area is 154 Å². The lowest BCUT2D eigenvalue weighted by Crippen LogP contribution is -2.49. The van der Waals surface area contributed by atoms with Crippen molar-refractivity contribution >= 4 is 24.0 Å². The highest BCUT2D eigenvalue weighted by atomic mass is 16.6. The van der Waals surface area contributed by atoms with Crippen LogP contribution in [0.1, 0.15) is 27.7 Å². The lowest BCUT2D eigenvalue weighted by molar-refractivity contribution is -0.384. The van der Waals surface area contributed by atoms with E-state index < -0.39 is 7.12 Å². The lowest BCUT2D eigenvalue weighted by atomic mass is 9.75. The van der Waals surface area contributed by atoms with Crippen LogP contribution in [0.15, 0.2) is 18.2 Å². The van der Waals surface area contributed by atoms with Gasteiger partial charge in [0.05, 0.1) is 24.2 Å². The molecule has 1 aromatic carbocycles. The zero-order valence-electron chi connectivity index (χ0n) is 15.9. The third-order valence-corrected chi connectivity index (χ3v) is 4.96. The lowest BCUT2D eigenvalue weighted by Gasteiger charge is -2.39. The number of benzene rings is 1. The number of rotatable bonds is 4. The summed E-state index contributed by atoms with van der Waals surface area (Å²) in [7, 11) is -0.554. The molecule has 0 spiro atoms. The van der Waals surface area contributed by atoms with Gasteiger partial charge in [-0.2, -0.15) is 0 Å². The molecule has 0 aliphatic carbocycles. The summed E-state index contributed by atoms with van der Waals surface area (Å²) >= 11 is 0. The number of ether oxygens (including phenoxy) is 1. The third kappa shape index (κ3) is 4.02. The van der Waals surface area contributed by atoms with E-state index in [1.165, 1.54) is 0 Å². The summed E-state index contributed by atoms with van der Waals surface area (Å²) in [6.45, 7) is 11.3. The molecule has 3 rings (SSSR count). The summed E-state index contributed by atoms with van der Waals surface area (Å²) in [5, 5.41) is 11.7. The van der Waals surface area contributed by atoms with Gasteiger partial charge in [0.15, 0.2) is 0 Å². The number of hydrogen-bond acceptors (Lipinski definition) is 6. The second-order valence-corrected chi connectivity index (χ2v) is 8.20. The number of nitro benzene ring substituents is 1. The maximum absolute atomic E-state index is 11.7. The van der Waals surface area contributed by atoms with E-state index in [4.69, 9.17) is 14.0 Å². The molecule has 0 amide bonds. The fourth-order valence-electron chi connectivity index (χ4n) is 3.44. The van der Waals surface area contributed by atoms with Crippen LogP contribution in [-0.2, 0) is 14.0 Å². The van der Waals surface area contributed by atoms with Gasteiger partial charge in [-0.15, -0.1) is 0 Å². The molecule has 1 atom stereocenters. The third-order valence-electron chi connectivity index (χ3n) is 4.96. The molecule has 2 fully saturated rings. The number of hydrogen-bond donors (Lipinski definition) is 0. The van der Waals surface area contributed by atoms with Crippen molar-refractivity contribution in [3.63, 3.8) is 0 Å². The van der Waals surface area contributed by atoms with Crippen LogP contribution in [0.5, 0.6) is 0 Å². The molecular weight excluding hydrogens is 335 g/mol. The number of anilines is 1. The van der Waals surface area contributed by atoms with Gasteiger partial charge in [0.1, 0.15) is 5.69 Å². The van der Waals surface area contributed by atoms with Crippen LogP contribution < -0.4 is 10.4 Å². The van der Waals surface area contributed by atoms with E-state index in [1.54, 1.807) is 6.07 Å². The van der Waals surface area contributed by atoms with Crippen molar-refractivity contribution in [1.82, 2.24) is 0 Å². The highest BCUT2D eigenvalue weighted by molar-refractivity contribution is 6.61. The Morgan fingerprint density at radius 2 is 2.00 bits per heavy atom. The molecule has 2 aliphatic rings. The SMILES string of the molecule is CC(C)[C@@H]1COCCN1c1ccc(B2OCC(C)(C)CO2)cc1[N+](=O)[O-]. The Balaban J connectivity index is 1.89. The minimum atomic E-state index is -0.554. The molecule has 2 saturated heterocycles. The predicted molar refractivity (Wildman–Crippen MR) is 101 cm³/mol. The van der Waals surface area contributed by atoms with Crippen molar-refractivity contribution in [2.24, 2.45) is 11.3 Å². The second-order valence-electron chi connectivity index (χ2n) is 8.20. The van der Waals surface area contributed by atoms with Gasteiger partial charge in [-0.25, -0.2) is 0 Å². The Bertz CT molecular complexity index is 657. The van der Waals surface area contributed by atoms with Crippen LogP contribution in [0.25, 0.3) is 0 Å². The Kier molecular flexibility index (Phi) is 5.55. The average molecular weight is 362 g/mol. The largest absolute Gasteiger partial charge is 0.494 e. The van der Waals surface area contributed by atoms with E-state index in [0.29, 0.717) is 50.0 Å². The molecule has 0 radical (unpaired) electrons. The van der Waals surface area contributed by atoms with Crippen LogP contribution in [0, 0.1) is 21.4 Å².